The fourth-order valence-electron chi connectivity index (χ4n) is 0.937. The van der Waals surface area contributed by atoms with Gasteiger partial charge in [-0.05, 0) is 20.1 Å². The SMILES string of the molecule is CSc1nc(C)cc(NC(=O)[C@H](C)N)n1. The van der Waals surface area contributed by atoms with Crippen LogP contribution in [0.5, 0.6) is 0 Å². The Bertz CT molecular complexity index is 367. The molecule has 0 saturated carbocycles. The summed E-state index contributed by atoms with van der Waals surface area (Å²) in [5, 5.41) is 3.26. The lowest BCUT2D eigenvalue weighted by atomic mass is 10.3. The van der Waals surface area contributed by atoms with Crippen LogP contribution in [0.2, 0.25) is 0 Å². The summed E-state index contributed by atoms with van der Waals surface area (Å²) in [5.74, 6) is 0.245. The van der Waals surface area contributed by atoms with E-state index in [-0.39, 0.29) is 5.91 Å². The molecule has 0 aliphatic heterocycles. The van der Waals surface area contributed by atoms with Crippen molar-refractivity contribution in [1.29, 1.82) is 0 Å². The van der Waals surface area contributed by atoms with Crippen molar-refractivity contribution in [3.05, 3.63) is 11.8 Å². The number of aromatic nitrogens is 2. The third-order valence-electron chi connectivity index (χ3n) is 1.68. The zero-order chi connectivity index (χ0) is 11.4. The van der Waals surface area contributed by atoms with Gasteiger partial charge in [0.2, 0.25) is 5.91 Å². The minimum atomic E-state index is -0.544. The number of carbonyl (C=O) groups excluding carboxylic acids is 1. The molecule has 0 bridgehead atoms. The van der Waals surface area contributed by atoms with Crippen LogP contribution < -0.4 is 11.1 Å². The fraction of sp³-hybridized carbons (Fsp3) is 0.444. The topological polar surface area (TPSA) is 80.9 Å². The van der Waals surface area contributed by atoms with Gasteiger partial charge in [0, 0.05) is 11.8 Å². The lowest BCUT2D eigenvalue weighted by Gasteiger charge is -2.08. The molecule has 1 aromatic heterocycles. The van der Waals surface area contributed by atoms with Gasteiger partial charge in [-0.1, -0.05) is 11.8 Å². The Morgan fingerprint density at radius 3 is 2.80 bits per heavy atom. The van der Waals surface area contributed by atoms with Gasteiger partial charge in [-0.2, -0.15) is 0 Å². The quantitative estimate of drug-likeness (QED) is 0.588. The largest absolute Gasteiger partial charge is 0.320 e. The zero-order valence-electron chi connectivity index (χ0n) is 8.94. The second-order valence-electron chi connectivity index (χ2n) is 3.16. The van der Waals surface area contributed by atoms with E-state index < -0.39 is 6.04 Å². The van der Waals surface area contributed by atoms with Gasteiger partial charge in [-0.25, -0.2) is 9.97 Å². The van der Waals surface area contributed by atoms with Gasteiger partial charge in [0.1, 0.15) is 5.82 Å². The van der Waals surface area contributed by atoms with Crippen LogP contribution >= 0.6 is 11.8 Å². The van der Waals surface area contributed by atoms with Crippen LogP contribution in [0.1, 0.15) is 12.6 Å². The summed E-state index contributed by atoms with van der Waals surface area (Å²) in [6.45, 7) is 3.47. The van der Waals surface area contributed by atoms with E-state index in [0.29, 0.717) is 11.0 Å². The molecule has 3 N–H and O–H groups in total. The first-order valence-electron chi connectivity index (χ1n) is 4.49. The Labute approximate surface area is 92.9 Å². The van der Waals surface area contributed by atoms with Crippen molar-refractivity contribution in [2.45, 2.75) is 25.0 Å². The fourth-order valence-corrected chi connectivity index (χ4v) is 1.36. The molecule has 5 nitrogen and oxygen atoms in total. The molecule has 0 aliphatic rings. The monoisotopic (exact) mass is 226 g/mol. The number of aryl methyl sites for hydroxylation is 1. The zero-order valence-corrected chi connectivity index (χ0v) is 9.76. The Morgan fingerprint density at radius 1 is 1.60 bits per heavy atom. The molecule has 0 spiro atoms. The van der Waals surface area contributed by atoms with Crippen LogP contribution in [0, 0.1) is 6.92 Å². The highest BCUT2D eigenvalue weighted by molar-refractivity contribution is 7.98. The third kappa shape index (κ3) is 3.49. The molecule has 0 aliphatic carbocycles. The van der Waals surface area contributed by atoms with Gasteiger partial charge in [0.05, 0.1) is 6.04 Å². The Morgan fingerprint density at radius 2 is 2.27 bits per heavy atom. The van der Waals surface area contributed by atoms with E-state index in [1.54, 1.807) is 13.0 Å². The number of nitrogens with one attached hydrogen (secondary N) is 1. The summed E-state index contributed by atoms with van der Waals surface area (Å²) >= 11 is 1.43. The van der Waals surface area contributed by atoms with Gasteiger partial charge < -0.3 is 11.1 Å². The first kappa shape index (κ1) is 11.9. The first-order valence-corrected chi connectivity index (χ1v) is 5.71. The molecule has 6 heteroatoms. The van der Waals surface area contributed by atoms with E-state index in [1.807, 2.05) is 13.2 Å². The average Bonchev–Trinajstić information content (AvgIpc) is 2.16. The van der Waals surface area contributed by atoms with Crippen LogP contribution in [0.3, 0.4) is 0 Å². The number of rotatable bonds is 3. The van der Waals surface area contributed by atoms with Crippen molar-refractivity contribution < 1.29 is 4.79 Å². The van der Waals surface area contributed by atoms with Crippen LogP contribution in [0.25, 0.3) is 0 Å². The van der Waals surface area contributed by atoms with Crippen molar-refractivity contribution in [3.63, 3.8) is 0 Å². The first-order chi connectivity index (χ1) is 7.02. The second-order valence-corrected chi connectivity index (χ2v) is 3.93. The average molecular weight is 226 g/mol. The van der Waals surface area contributed by atoms with E-state index >= 15 is 0 Å². The number of thioether (sulfide) groups is 1. The predicted octanol–water partition coefficient (Wildman–Crippen LogP) is 0.793. The summed E-state index contributed by atoms with van der Waals surface area (Å²) in [5.41, 5.74) is 6.25. The van der Waals surface area contributed by atoms with Gasteiger partial charge in [0.25, 0.3) is 0 Å². The highest BCUT2D eigenvalue weighted by Gasteiger charge is 2.09. The van der Waals surface area contributed by atoms with Crippen molar-refractivity contribution in [3.8, 4) is 0 Å². The molecule has 1 heterocycles. The molecule has 0 fully saturated rings. The van der Waals surface area contributed by atoms with E-state index in [9.17, 15) is 4.79 Å². The number of hydrogen-bond acceptors (Lipinski definition) is 5. The number of amides is 1. The summed E-state index contributed by atoms with van der Waals surface area (Å²) in [7, 11) is 0. The maximum atomic E-state index is 11.3. The van der Waals surface area contributed by atoms with E-state index in [4.69, 9.17) is 5.73 Å². The van der Waals surface area contributed by atoms with Crippen LogP contribution in [0.15, 0.2) is 11.2 Å². The smallest absolute Gasteiger partial charge is 0.242 e. The normalized spacial score (nSPS) is 12.3. The minimum absolute atomic E-state index is 0.250. The molecular formula is C9H14N4OS. The molecule has 1 atom stereocenters. The number of hydrogen-bond donors (Lipinski definition) is 2. The van der Waals surface area contributed by atoms with E-state index in [1.165, 1.54) is 11.8 Å². The Kier molecular flexibility index (Phi) is 4.05. The van der Waals surface area contributed by atoms with Gasteiger partial charge in [0.15, 0.2) is 5.16 Å². The second kappa shape index (κ2) is 5.09. The van der Waals surface area contributed by atoms with Crippen molar-refractivity contribution in [2.24, 2.45) is 5.73 Å². The molecule has 0 unspecified atom stereocenters. The summed E-state index contributed by atoms with van der Waals surface area (Å²) in [6, 6.07) is 1.16. The van der Waals surface area contributed by atoms with Crippen molar-refractivity contribution in [1.82, 2.24) is 9.97 Å². The van der Waals surface area contributed by atoms with Crippen LogP contribution in [-0.4, -0.2) is 28.2 Å². The van der Waals surface area contributed by atoms with Gasteiger partial charge >= 0.3 is 0 Å². The molecule has 15 heavy (non-hydrogen) atoms. The summed E-state index contributed by atoms with van der Waals surface area (Å²) < 4.78 is 0. The molecule has 0 aromatic carbocycles. The molecule has 1 amide bonds. The van der Waals surface area contributed by atoms with E-state index in [2.05, 4.69) is 15.3 Å². The molecule has 0 saturated heterocycles. The van der Waals surface area contributed by atoms with Crippen molar-refractivity contribution in [2.75, 3.05) is 11.6 Å². The molecule has 82 valence electrons. The number of nitrogens with zero attached hydrogens (tertiary/aromatic N) is 2. The highest BCUT2D eigenvalue weighted by atomic mass is 32.2. The third-order valence-corrected chi connectivity index (χ3v) is 2.23. The number of carbonyl (C=O) groups is 1. The lowest BCUT2D eigenvalue weighted by Crippen LogP contribution is -2.32. The predicted molar refractivity (Wildman–Crippen MR) is 60.8 cm³/mol. The Hall–Kier alpha value is -1.14. The number of anilines is 1. The molecule has 1 aromatic rings. The van der Waals surface area contributed by atoms with Gasteiger partial charge in [-0.3, -0.25) is 4.79 Å². The van der Waals surface area contributed by atoms with Gasteiger partial charge in [-0.15, -0.1) is 0 Å². The maximum absolute atomic E-state index is 11.3. The standard InChI is InChI=1S/C9H14N4OS/c1-5-4-7(12-8(14)6(2)10)13-9(11-5)15-3/h4,6H,10H2,1-3H3,(H,11,12,13,14)/t6-/m0/s1. The maximum Gasteiger partial charge on any atom is 0.242 e. The van der Waals surface area contributed by atoms with Crippen molar-refractivity contribution >= 4 is 23.5 Å². The number of nitrogens with two attached hydrogens (primary N) is 1. The summed E-state index contributed by atoms with van der Waals surface area (Å²) in [6.07, 6.45) is 1.88. The Balaban J connectivity index is 2.85. The lowest BCUT2D eigenvalue weighted by molar-refractivity contribution is -0.117. The minimum Gasteiger partial charge on any atom is -0.320 e. The molecule has 1 rings (SSSR count). The van der Waals surface area contributed by atoms with Crippen LogP contribution in [0.4, 0.5) is 5.82 Å². The summed E-state index contributed by atoms with van der Waals surface area (Å²) in [4.78, 5) is 19.6. The molecule has 0 radical (unpaired) electrons. The highest BCUT2D eigenvalue weighted by Crippen LogP contribution is 2.13. The van der Waals surface area contributed by atoms with E-state index in [0.717, 1.165) is 5.69 Å². The van der Waals surface area contributed by atoms with Crippen LogP contribution in [-0.2, 0) is 4.79 Å². The molecular weight excluding hydrogens is 212 g/mol.